The molecule has 0 fully saturated rings. The zero-order valence-electron chi connectivity index (χ0n) is 23.7. The van der Waals surface area contributed by atoms with Gasteiger partial charge in [0, 0.05) is 29.5 Å². The van der Waals surface area contributed by atoms with E-state index in [1.165, 1.54) is 42.6 Å². The fourth-order valence-electron chi connectivity index (χ4n) is 4.45. The van der Waals surface area contributed by atoms with Crippen LogP contribution in [0, 0.1) is 0 Å². The molecule has 44 heavy (non-hydrogen) atoms. The molecule has 0 saturated carbocycles. The van der Waals surface area contributed by atoms with Crippen LogP contribution < -0.4 is 5.43 Å². The van der Waals surface area contributed by atoms with Gasteiger partial charge in [-0.25, -0.2) is 14.8 Å². The summed E-state index contributed by atoms with van der Waals surface area (Å²) in [6.07, 6.45) is 0.195. The summed E-state index contributed by atoms with van der Waals surface area (Å²) < 4.78 is 45.9. The molecule has 2 heterocycles. The van der Waals surface area contributed by atoms with Crippen LogP contribution >= 0.6 is 0 Å². The normalized spacial score (nSPS) is 13.0. The third-order valence-electron chi connectivity index (χ3n) is 6.61. The van der Waals surface area contributed by atoms with Gasteiger partial charge in [-0.1, -0.05) is 54.6 Å². The standard InChI is InChI=1S/C32H29F3N4O5/c1-2-44-31(43)27(14-8-11-22-19-20-36-29(22)41)39(28(40)18-15-21-9-4-3-5-10-21)38-30(42)26-17-16-25(37-26)23-12-6-7-13-24(23)32(33,34)35/h3-7,9-10,12-14,16-17,19-20,37H,2,8,11,15,18H2,1H3,(H,38,42)/b27-14-. The SMILES string of the molecule is CCOC(=O)/C(=C/CCC1=CC=NC1=O)N(NC(=O)c1ccc(-c2ccccc2C(F)(F)F)[nH]1)C(=O)CCc1ccccc1. The van der Waals surface area contributed by atoms with Gasteiger partial charge in [0.05, 0.1) is 12.2 Å². The summed E-state index contributed by atoms with van der Waals surface area (Å²) >= 11 is 0. The van der Waals surface area contributed by atoms with Crippen LogP contribution in [0.25, 0.3) is 11.3 Å². The number of nitrogens with one attached hydrogen (secondary N) is 2. The van der Waals surface area contributed by atoms with Gasteiger partial charge in [-0.2, -0.15) is 13.2 Å². The number of hydrogen-bond acceptors (Lipinski definition) is 5. The van der Waals surface area contributed by atoms with Crippen LogP contribution in [0.5, 0.6) is 0 Å². The second-order valence-electron chi connectivity index (χ2n) is 9.61. The molecule has 1 aliphatic heterocycles. The molecule has 12 heteroatoms. The molecule has 2 N–H and O–H groups in total. The average molecular weight is 607 g/mol. The summed E-state index contributed by atoms with van der Waals surface area (Å²) in [5, 5.41) is 0.786. The number of alkyl halides is 3. The molecule has 0 aliphatic carbocycles. The Balaban J connectivity index is 1.62. The Morgan fingerprint density at radius 3 is 2.41 bits per heavy atom. The van der Waals surface area contributed by atoms with E-state index in [2.05, 4.69) is 15.4 Å². The molecule has 0 spiro atoms. The summed E-state index contributed by atoms with van der Waals surface area (Å²) in [6.45, 7) is 1.56. The Morgan fingerprint density at radius 1 is 1.00 bits per heavy atom. The van der Waals surface area contributed by atoms with Crippen molar-refractivity contribution in [2.24, 2.45) is 4.99 Å². The Morgan fingerprint density at radius 2 is 1.73 bits per heavy atom. The number of aromatic nitrogens is 1. The van der Waals surface area contributed by atoms with Crippen molar-refractivity contribution < 1.29 is 37.1 Å². The van der Waals surface area contributed by atoms with E-state index in [9.17, 15) is 32.3 Å². The van der Waals surface area contributed by atoms with Gasteiger partial charge >= 0.3 is 12.1 Å². The van der Waals surface area contributed by atoms with Gasteiger partial charge in [0.2, 0.25) is 5.91 Å². The number of aryl methyl sites for hydroxylation is 1. The highest BCUT2D eigenvalue weighted by Gasteiger charge is 2.34. The first kappa shape index (κ1) is 31.7. The predicted octanol–water partition coefficient (Wildman–Crippen LogP) is 5.57. The van der Waals surface area contributed by atoms with Crippen molar-refractivity contribution in [3.05, 3.63) is 107 Å². The van der Waals surface area contributed by atoms with E-state index >= 15 is 0 Å². The number of nitrogens with zero attached hydrogens (tertiary/aromatic N) is 2. The summed E-state index contributed by atoms with van der Waals surface area (Å²) in [5.41, 5.74) is 2.22. The lowest BCUT2D eigenvalue weighted by Crippen LogP contribution is -2.47. The molecule has 0 bridgehead atoms. The minimum Gasteiger partial charge on any atom is -0.461 e. The molecule has 0 radical (unpaired) electrons. The van der Waals surface area contributed by atoms with E-state index < -0.39 is 35.4 Å². The van der Waals surface area contributed by atoms with E-state index in [4.69, 9.17) is 4.74 Å². The first-order valence-corrected chi connectivity index (χ1v) is 13.8. The van der Waals surface area contributed by atoms with Crippen LogP contribution in [0.2, 0.25) is 0 Å². The highest BCUT2D eigenvalue weighted by Crippen LogP contribution is 2.36. The minimum atomic E-state index is -4.63. The largest absolute Gasteiger partial charge is 0.461 e. The van der Waals surface area contributed by atoms with Crippen molar-refractivity contribution in [1.29, 1.82) is 0 Å². The fourth-order valence-corrected chi connectivity index (χ4v) is 4.45. The maximum absolute atomic E-state index is 13.6. The zero-order chi connectivity index (χ0) is 31.7. The maximum atomic E-state index is 13.6. The molecular formula is C32H29F3N4O5. The third-order valence-corrected chi connectivity index (χ3v) is 6.61. The van der Waals surface area contributed by atoms with Crippen molar-refractivity contribution in [2.75, 3.05) is 6.61 Å². The maximum Gasteiger partial charge on any atom is 0.417 e. The number of carbonyl (C=O) groups is 4. The fraction of sp³-hybridized carbons (Fsp3) is 0.219. The smallest absolute Gasteiger partial charge is 0.417 e. The average Bonchev–Trinajstić information content (AvgIpc) is 3.67. The van der Waals surface area contributed by atoms with E-state index in [0.717, 1.165) is 16.6 Å². The molecule has 228 valence electrons. The molecular weight excluding hydrogens is 577 g/mol. The van der Waals surface area contributed by atoms with Gasteiger partial charge < -0.3 is 9.72 Å². The van der Waals surface area contributed by atoms with Crippen LogP contribution in [-0.4, -0.2) is 46.5 Å². The quantitative estimate of drug-likeness (QED) is 0.168. The predicted molar refractivity (Wildman–Crippen MR) is 156 cm³/mol. The van der Waals surface area contributed by atoms with Crippen molar-refractivity contribution >= 4 is 29.9 Å². The molecule has 2 aromatic carbocycles. The number of benzene rings is 2. The van der Waals surface area contributed by atoms with Gasteiger partial charge in [-0.3, -0.25) is 19.8 Å². The number of hydrogen-bond donors (Lipinski definition) is 2. The lowest BCUT2D eigenvalue weighted by Gasteiger charge is -2.25. The number of aliphatic imine (C=N–C) groups is 1. The molecule has 1 aromatic heterocycles. The van der Waals surface area contributed by atoms with Crippen LogP contribution in [0.1, 0.15) is 47.8 Å². The van der Waals surface area contributed by atoms with Crippen molar-refractivity contribution in [3.63, 3.8) is 0 Å². The molecule has 9 nitrogen and oxygen atoms in total. The van der Waals surface area contributed by atoms with E-state index in [1.54, 1.807) is 13.0 Å². The number of aromatic amines is 1. The number of rotatable bonds is 11. The molecule has 0 unspecified atom stereocenters. The number of carbonyl (C=O) groups excluding carboxylic acids is 4. The molecule has 1 aliphatic rings. The first-order valence-electron chi connectivity index (χ1n) is 13.8. The second kappa shape index (κ2) is 14.3. The third kappa shape index (κ3) is 7.97. The number of H-pyrrole nitrogens is 1. The molecule has 0 saturated heterocycles. The Bertz CT molecular complexity index is 1620. The Kier molecular flexibility index (Phi) is 10.3. The summed E-state index contributed by atoms with van der Waals surface area (Å²) in [7, 11) is 0. The molecule has 3 amide bonds. The van der Waals surface area contributed by atoms with Crippen LogP contribution in [0.15, 0.2) is 95.1 Å². The lowest BCUT2D eigenvalue weighted by atomic mass is 10.0. The van der Waals surface area contributed by atoms with Crippen LogP contribution in [0.4, 0.5) is 13.2 Å². The van der Waals surface area contributed by atoms with Crippen molar-refractivity contribution in [2.45, 2.75) is 38.8 Å². The van der Waals surface area contributed by atoms with Crippen molar-refractivity contribution in [1.82, 2.24) is 15.4 Å². The summed E-state index contributed by atoms with van der Waals surface area (Å²) in [6, 6.07) is 16.6. The first-order chi connectivity index (χ1) is 21.1. The number of amides is 3. The van der Waals surface area contributed by atoms with Crippen LogP contribution in [-0.2, 0) is 31.7 Å². The van der Waals surface area contributed by atoms with Crippen LogP contribution in [0.3, 0.4) is 0 Å². The van der Waals surface area contributed by atoms with Gasteiger partial charge in [0.1, 0.15) is 11.4 Å². The minimum absolute atomic E-state index is 0.0216. The summed E-state index contributed by atoms with van der Waals surface area (Å²) in [4.78, 5) is 58.1. The monoisotopic (exact) mass is 606 g/mol. The molecule has 0 atom stereocenters. The highest BCUT2D eigenvalue weighted by molar-refractivity contribution is 6.07. The lowest BCUT2D eigenvalue weighted by molar-refractivity contribution is -0.145. The zero-order valence-corrected chi connectivity index (χ0v) is 23.7. The topological polar surface area (TPSA) is 121 Å². The van der Waals surface area contributed by atoms with Gasteiger partial charge in [-0.05, 0) is 56.0 Å². The second-order valence-corrected chi connectivity index (χ2v) is 9.61. The number of halogens is 3. The highest BCUT2D eigenvalue weighted by atomic mass is 19.4. The van der Waals surface area contributed by atoms with Gasteiger partial charge in [0.15, 0.2) is 0 Å². The molecule has 4 rings (SSSR count). The number of esters is 1. The number of ether oxygens (including phenoxy) is 1. The van der Waals surface area contributed by atoms with E-state index in [-0.39, 0.29) is 48.5 Å². The van der Waals surface area contributed by atoms with Crippen molar-refractivity contribution in [3.8, 4) is 11.3 Å². The van der Waals surface area contributed by atoms with Gasteiger partial charge in [-0.15, -0.1) is 0 Å². The Labute approximate surface area is 251 Å². The van der Waals surface area contributed by atoms with E-state index in [0.29, 0.717) is 12.0 Å². The van der Waals surface area contributed by atoms with E-state index in [1.807, 2.05) is 30.3 Å². The number of allylic oxidation sites excluding steroid dienone is 2. The number of hydrazine groups is 1. The van der Waals surface area contributed by atoms with Gasteiger partial charge in [0.25, 0.3) is 11.8 Å². The Hall–Kier alpha value is -5.26. The molecule has 3 aromatic rings. The summed E-state index contributed by atoms with van der Waals surface area (Å²) in [5.74, 6) is -2.83.